The molecule has 0 aliphatic heterocycles. The first-order valence-electron chi connectivity index (χ1n) is 8.37. The van der Waals surface area contributed by atoms with Crippen LogP contribution in [0.15, 0.2) is 53.7 Å². The van der Waals surface area contributed by atoms with Crippen LogP contribution in [-0.4, -0.2) is 33.5 Å². The summed E-state index contributed by atoms with van der Waals surface area (Å²) in [6.07, 6.45) is 0. The van der Waals surface area contributed by atoms with Gasteiger partial charge < -0.3 is 14.6 Å². The van der Waals surface area contributed by atoms with Crippen LogP contribution in [0.3, 0.4) is 0 Å². The van der Waals surface area contributed by atoms with E-state index in [1.165, 1.54) is 23.9 Å². The highest BCUT2D eigenvalue weighted by molar-refractivity contribution is 7.99. The average molecular weight is 386 g/mol. The summed E-state index contributed by atoms with van der Waals surface area (Å²) in [5.74, 6) is 0.694. The second-order valence-corrected chi connectivity index (χ2v) is 6.51. The maximum absolute atomic E-state index is 13.6. The first-order chi connectivity index (χ1) is 13.1. The molecule has 1 N–H and O–H groups in total. The molecule has 3 rings (SSSR count). The molecule has 1 aromatic heterocycles. The number of para-hydroxylation sites is 2. The third-order valence-corrected chi connectivity index (χ3v) is 4.83. The van der Waals surface area contributed by atoms with Crippen molar-refractivity contribution >= 4 is 23.4 Å². The van der Waals surface area contributed by atoms with Gasteiger partial charge >= 0.3 is 0 Å². The Bertz CT molecular complexity index is 945. The van der Waals surface area contributed by atoms with E-state index in [4.69, 9.17) is 4.74 Å². The minimum atomic E-state index is -0.467. The van der Waals surface area contributed by atoms with Crippen LogP contribution in [0.5, 0.6) is 5.75 Å². The Labute approximate surface area is 160 Å². The number of hydrogen-bond donors (Lipinski definition) is 1. The maximum Gasteiger partial charge on any atom is 0.234 e. The number of hydrogen-bond acceptors (Lipinski definition) is 5. The van der Waals surface area contributed by atoms with Crippen molar-refractivity contribution in [2.75, 3.05) is 18.2 Å². The molecule has 6 nitrogen and oxygen atoms in total. The highest BCUT2D eigenvalue weighted by Gasteiger charge is 2.17. The van der Waals surface area contributed by atoms with E-state index < -0.39 is 5.82 Å². The Kier molecular flexibility index (Phi) is 6.08. The number of carbonyl (C=O) groups is 1. The predicted octanol–water partition coefficient (Wildman–Crippen LogP) is 3.84. The fourth-order valence-electron chi connectivity index (χ4n) is 2.59. The molecule has 3 aromatic rings. The van der Waals surface area contributed by atoms with E-state index in [0.29, 0.717) is 23.3 Å². The first-order valence-corrected chi connectivity index (χ1v) is 9.36. The lowest BCUT2D eigenvalue weighted by atomic mass is 10.2. The molecule has 0 aliphatic carbocycles. The topological polar surface area (TPSA) is 69.0 Å². The lowest BCUT2D eigenvalue weighted by Crippen LogP contribution is -2.15. The third-order valence-electron chi connectivity index (χ3n) is 3.86. The molecule has 1 heterocycles. The highest BCUT2D eigenvalue weighted by Crippen LogP contribution is 2.30. The lowest BCUT2D eigenvalue weighted by molar-refractivity contribution is -0.113. The van der Waals surface area contributed by atoms with Crippen LogP contribution in [0.4, 0.5) is 10.1 Å². The molecule has 8 heteroatoms. The van der Waals surface area contributed by atoms with E-state index in [1.807, 2.05) is 35.8 Å². The van der Waals surface area contributed by atoms with Gasteiger partial charge in [-0.25, -0.2) is 4.39 Å². The number of amides is 1. The van der Waals surface area contributed by atoms with Crippen LogP contribution in [0.1, 0.15) is 6.92 Å². The number of carbonyl (C=O) groups excluding carboxylic acids is 1. The van der Waals surface area contributed by atoms with Gasteiger partial charge in [0, 0.05) is 6.54 Å². The number of halogens is 1. The van der Waals surface area contributed by atoms with Gasteiger partial charge in [-0.15, -0.1) is 10.2 Å². The summed E-state index contributed by atoms with van der Waals surface area (Å²) in [5, 5.41) is 11.6. The van der Waals surface area contributed by atoms with Gasteiger partial charge in [0.05, 0.1) is 24.1 Å². The number of nitrogens with one attached hydrogen (secondary N) is 1. The van der Waals surface area contributed by atoms with Gasteiger partial charge in [0.15, 0.2) is 11.0 Å². The Morgan fingerprint density at radius 3 is 2.67 bits per heavy atom. The molecule has 0 saturated heterocycles. The first kappa shape index (κ1) is 18.9. The minimum Gasteiger partial charge on any atom is -0.496 e. The molecule has 1 amide bonds. The zero-order valence-corrected chi connectivity index (χ0v) is 15.8. The number of benzene rings is 2. The van der Waals surface area contributed by atoms with Gasteiger partial charge in [-0.3, -0.25) is 4.79 Å². The fraction of sp³-hybridized carbons (Fsp3) is 0.211. The van der Waals surface area contributed by atoms with E-state index >= 15 is 0 Å². The largest absolute Gasteiger partial charge is 0.496 e. The number of aromatic nitrogens is 3. The second kappa shape index (κ2) is 8.68. The van der Waals surface area contributed by atoms with Gasteiger partial charge in [0.1, 0.15) is 11.6 Å². The van der Waals surface area contributed by atoms with Gasteiger partial charge in [0.25, 0.3) is 0 Å². The van der Waals surface area contributed by atoms with E-state index in [9.17, 15) is 9.18 Å². The predicted molar refractivity (Wildman–Crippen MR) is 103 cm³/mol. The van der Waals surface area contributed by atoms with Crippen LogP contribution < -0.4 is 10.1 Å². The summed E-state index contributed by atoms with van der Waals surface area (Å²) < 4.78 is 20.9. The zero-order chi connectivity index (χ0) is 19.2. The highest BCUT2D eigenvalue weighted by atomic mass is 32.2. The van der Waals surface area contributed by atoms with Gasteiger partial charge in [-0.05, 0) is 31.2 Å². The van der Waals surface area contributed by atoms with Crippen LogP contribution >= 0.6 is 11.8 Å². The monoisotopic (exact) mass is 386 g/mol. The van der Waals surface area contributed by atoms with Crippen molar-refractivity contribution in [3.05, 3.63) is 54.3 Å². The molecular weight excluding hydrogens is 367 g/mol. The van der Waals surface area contributed by atoms with E-state index in [0.717, 1.165) is 5.56 Å². The van der Waals surface area contributed by atoms with Gasteiger partial charge in [-0.1, -0.05) is 36.0 Å². The molecule has 0 bridgehead atoms. The van der Waals surface area contributed by atoms with Crippen molar-refractivity contribution < 1.29 is 13.9 Å². The summed E-state index contributed by atoms with van der Waals surface area (Å²) in [6.45, 7) is 2.61. The molecule has 2 aromatic carbocycles. The molecule has 0 radical (unpaired) electrons. The lowest BCUT2D eigenvalue weighted by Gasteiger charge is -2.10. The quantitative estimate of drug-likeness (QED) is 0.625. The summed E-state index contributed by atoms with van der Waals surface area (Å²) >= 11 is 1.25. The Hall–Kier alpha value is -2.87. The van der Waals surface area contributed by atoms with Crippen molar-refractivity contribution in [2.24, 2.45) is 0 Å². The fourth-order valence-corrected chi connectivity index (χ4v) is 3.39. The molecule has 0 spiro atoms. The number of ether oxygens (including phenoxy) is 1. The summed E-state index contributed by atoms with van der Waals surface area (Å²) in [4.78, 5) is 12.1. The third kappa shape index (κ3) is 4.28. The molecule has 27 heavy (non-hydrogen) atoms. The van der Waals surface area contributed by atoms with E-state index in [-0.39, 0.29) is 17.3 Å². The Balaban J connectivity index is 1.74. The Morgan fingerprint density at radius 2 is 1.93 bits per heavy atom. The zero-order valence-electron chi connectivity index (χ0n) is 15.0. The maximum atomic E-state index is 13.6. The molecule has 0 aliphatic rings. The molecule has 0 fully saturated rings. The normalized spacial score (nSPS) is 10.6. The molecule has 0 unspecified atom stereocenters. The summed E-state index contributed by atoms with van der Waals surface area (Å²) in [7, 11) is 1.61. The van der Waals surface area contributed by atoms with Crippen molar-refractivity contribution in [3.8, 4) is 17.1 Å². The van der Waals surface area contributed by atoms with E-state index in [1.54, 1.807) is 19.2 Å². The van der Waals surface area contributed by atoms with Crippen molar-refractivity contribution in [2.45, 2.75) is 18.6 Å². The Morgan fingerprint density at radius 1 is 1.19 bits per heavy atom. The smallest absolute Gasteiger partial charge is 0.234 e. The molecular formula is C19H19FN4O2S. The summed E-state index contributed by atoms with van der Waals surface area (Å²) in [5.41, 5.74) is 0.992. The molecule has 0 atom stereocenters. The average Bonchev–Trinajstić information content (AvgIpc) is 3.10. The summed E-state index contributed by atoms with van der Waals surface area (Å²) in [6, 6.07) is 13.6. The standard InChI is InChI=1S/C19H19FN4O2S/c1-3-24-18(13-8-4-7-11-16(13)26-2)22-23-19(24)27-12-17(25)21-15-10-6-5-9-14(15)20/h4-11H,3,12H2,1-2H3,(H,21,25). The van der Waals surface area contributed by atoms with Crippen LogP contribution in [-0.2, 0) is 11.3 Å². The van der Waals surface area contributed by atoms with E-state index in [2.05, 4.69) is 15.5 Å². The number of methoxy groups -OCH3 is 1. The number of rotatable bonds is 7. The van der Waals surface area contributed by atoms with Crippen LogP contribution in [0, 0.1) is 5.82 Å². The van der Waals surface area contributed by atoms with Crippen LogP contribution in [0.25, 0.3) is 11.4 Å². The van der Waals surface area contributed by atoms with Gasteiger partial charge in [-0.2, -0.15) is 0 Å². The molecule has 0 saturated carbocycles. The second-order valence-electron chi connectivity index (χ2n) is 5.57. The SMILES string of the molecule is CCn1c(SCC(=O)Nc2ccccc2F)nnc1-c1ccccc1OC. The van der Waals surface area contributed by atoms with Crippen LogP contribution in [0.2, 0.25) is 0 Å². The van der Waals surface area contributed by atoms with Crippen molar-refractivity contribution in [3.63, 3.8) is 0 Å². The number of anilines is 1. The number of thioether (sulfide) groups is 1. The van der Waals surface area contributed by atoms with Crippen molar-refractivity contribution in [1.82, 2.24) is 14.8 Å². The molecule has 140 valence electrons. The van der Waals surface area contributed by atoms with Gasteiger partial charge in [0.2, 0.25) is 5.91 Å². The minimum absolute atomic E-state index is 0.0956. The number of nitrogens with zero attached hydrogens (tertiary/aromatic N) is 3. The van der Waals surface area contributed by atoms with Crippen molar-refractivity contribution in [1.29, 1.82) is 0 Å².